The number of allylic oxidation sites excluding steroid dienone is 3. The first-order chi connectivity index (χ1) is 9.60. The molecule has 4 nitrogen and oxygen atoms in total. The Kier molecular flexibility index (Phi) is 11.7. The average Bonchev–Trinajstić information content (AvgIpc) is 2.41. The van der Waals surface area contributed by atoms with Crippen LogP contribution < -0.4 is 0 Å². The van der Waals surface area contributed by atoms with Crippen LogP contribution in [-0.2, 0) is 14.3 Å². The number of hydrogen-bond donors (Lipinski definition) is 1. The van der Waals surface area contributed by atoms with E-state index in [0.717, 1.165) is 6.42 Å². The smallest absolute Gasteiger partial charge is 0.313 e. The lowest BCUT2D eigenvalue weighted by atomic mass is 10.1. The third kappa shape index (κ3) is 11.7. The number of carbonyl (C=O) groups is 2. The third-order valence-electron chi connectivity index (χ3n) is 2.81. The maximum absolute atomic E-state index is 11.3. The molecule has 0 fully saturated rings. The number of ether oxygens (including phenoxy) is 1. The second-order valence-corrected chi connectivity index (χ2v) is 4.73. The number of aliphatic hydroxyl groups is 1. The Bertz CT molecular complexity index is 331. The molecule has 0 bridgehead atoms. The largest absolute Gasteiger partial charge is 0.469 e. The minimum Gasteiger partial charge on any atom is -0.469 e. The van der Waals surface area contributed by atoms with Gasteiger partial charge in [-0.1, -0.05) is 50.5 Å². The Balaban J connectivity index is 3.76. The van der Waals surface area contributed by atoms with Crippen LogP contribution in [0.3, 0.4) is 0 Å². The molecule has 0 saturated heterocycles. The summed E-state index contributed by atoms with van der Waals surface area (Å²) >= 11 is 0. The summed E-state index contributed by atoms with van der Waals surface area (Å²) in [7, 11) is 1.23. The van der Waals surface area contributed by atoms with Crippen LogP contribution >= 0.6 is 0 Å². The highest BCUT2D eigenvalue weighted by molar-refractivity contribution is 5.95. The van der Waals surface area contributed by atoms with Crippen molar-refractivity contribution in [3.05, 3.63) is 24.3 Å². The molecule has 0 spiro atoms. The minimum absolute atomic E-state index is 0.0596. The molecule has 4 heteroatoms. The van der Waals surface area contributed by atoms with Crippen LogP contribution in [0.4, 0.5) is 0 Å². The summed E-state index contributed by atoms with van der Waals surface area (Å²) in [6.45, 7) is 2.18. The lowest BCUT2D eigenvalue weighted by Gasteiger charge is -2.03. The molecule has 0 heterocycles. The van der Waals surface area contributed by atoms with Gasteiger partial charge in [0.05, 0.1) is 13.2 Å². The van der Waals surface area contributed by atoms with Crippen LogP contribution in [0.2, 0.25) is 0 Å². The molecular weight excluding hydrogens is 256 g/mol. The van der Waals surface area contributed by atoms with E-state index in [4.69, 9.17) is 0 Å². The van der Waals surface area contributed by atoms with Crippen LogP contribution in [0.1, 0.15) is 51.9 Å². The maximum Gasteiger partial charge on any atom is 0.313 e. The molecule has 1 atom stereocenters. The number of hydrogen-bond acceptors (Lipinski definition) is 4. The van der Waals surface area contributed by atoms with Crippen molar-refractivity contribution in [1.82, 2.24) is 0 Å². The van der Waals surface area contributed by atoms with Gasteiger partial charge in [0.1, 0.15) is 12.2 Å². The summed E-state index contributed by atoms with van der Waals surface area (Å²) in [5.41, 5.74) is 0. The van der Waals surface area contributed by atoms with Crippen molar-refractivity contribution in [1.29, 1.82) is 0 Å². The van der Waals surface area contributed by atoms with E-state index in [0.29, 0.717) is 0 Å². The van der Waals surface area contributed by atoms with Gasteiger partial charge in [0.2, 0.25) is 0 Å². The number of unbranched alkanes of at least 4 members (excludes halogenated alkanes) is 4. The fourth-order valence-electron chi connectivity index (χ4n) is 1.66. The van der Waals surface area contributed by atoms with Crippen molar-refractivity contribution < 1.29 is 19.4 Å². The minimum atomic E-state index is -0.850. The topological polar surface area (TPSA) is 63.6 Å². The van der Waals surface area contributed by atoms with Gasteiger partial charge in [-0.25, -0.2) is 0 Å². The molecule has 20 heavy (non-hydrogen) atoms. The van der Waals surface area contributed by atoms with Gasteiger partial charge >= 0.3 is 5.97 Å². The van der Waals surface area contributed by atoms with Crippen molar-refractivity contribution in [3.8, 4) is 0 Å². The summed E-state index contributed by atoms with van der Waals surface area (Å²) in [6.07, 6.45) is 12.0. The van der Waals surface area contributed by atoms with Crippen LogP contribution in [0.15, 0.2) is 24.3 Å². The molecule has 1 N–H and O–H groups in total. The summed E-state index contributed by atoms with van der Waals surface area (Å²) in [6, 6.07) is 0. The number of aliphatic hydroxyl groups excluding tert-OH is 1. The molecule has 0 amide bonds. The Morgan fingerprint density at radius 2 is 1.95 bits per heavy atom. The SMILES string of the molecule is CCCCCCC=CC=CC(O)CC(=O)CC(=O)OC. The Hall–Kier alpha value is -1.42. The molecule has 0 aliphatic heterocycles. The highest BCUT2D eigenvalue weighted by Crippen LogP contribution is 2.03. The number of Topliss-reactive ketones (excluding diaryl/α,β-unsaturated/α-hetero) is 1. The van der Waals surface area contributed by atoms with Crippen molar-refractivity contribution in [2.24, 2.45) is 0 Å². The lowest BCUT2D eigenvalue weighted by molar-refractivity contribution is -0.143. The Labute approximate surface area is 121 Å². The second-order valence-electron chi connectivity index (χ2n) is 4.73. The number of methoxy groups -OCH3 is 1. The first-order valence-electron chi connectivity index (χ1n) is 7.20. The molecular formula is C16H26O4. The van der Waals surface area contributed by atoms with E-state index in [1.807, 2.05) is 6.08 Å². The van der Waals surface area contributed by atoms with Crippen molar-refractivity contribution in [3.63, 3.8) is 0 Å². The highest BCUT2D eigenvalue weighted by atomic mass is 16.5. The van der Waals surface area contributed by atoms with Gasteiger partial charge in [-0.2, -0.15) is 0 Å². The number of esters is 1. The van der Waals surface area contributed by atoms with Crippen molar-refractivity contribution in [2.45, 2.75) is 58.0 Å². The maximum atomic E-state index is 11.3. The lowest BCUT2D eigenvalue weighted by Crippen LogP contribution is -2.15. The van der Waals surface area contributed by atoms with E-state index in [9.17, 15) is 14.7 Å². The van der Waals surface area contributed by atoms with Gasteiger partial charge in [-0.3, -0.25) is 9.59 Å². The summed E-state index contributed by atoms with van der Waals surface area (Å²) in [5.74, 6) is -0.893. The van der Waals surface area contributed by atoms with E-state index < -0.39 is 12.1 Å². The number of ketones is 1. The predicted molar refractivity (Wildman–Crippen MR) is 79.3 cm³/mol. The second kappa shape index (κ2) is 12.6. The van der Waals surface area contributed by atoms with E-state index in [-0.39, 0.29) is 18.6 Å². The standard InChI is InChI=1S/C16H26O4/c1-3-4-5-6-7-8-9-10-11-14(17)12-15(18)13-16(19)20-2/h8-11,14,17H,3-7,12-13H2,1-2H3. The van der Waals surface area contributed by atoms with E-state index in [2.05, 4.69) is 17.7 Å². The molecule has 0 aromatic rings. The molecule has 114 valence electrons. The van der Waals surface area contributed by atoms with Crippen LogP contribution in [0, 0.1) is 0 Å². The monoisotopic (exact) mass is 282 g/mol. The summed E-state index contributed by atoms with van der Waals surface area (Å²) < 4.78 is 4.39. The van der Waals surface area contributed by atoms with Gasteiger partial charge in [-0.15, -0.1) is 0 Å². The third-order valence-corrected chi connectivity index (χ3v) is 2.81. The van der Waals surface area contributed by atoms with Crippen molar-refractivity contribution >= 4 is 11.8 Å². The Morgan fingerprint density at radius 1 is 1.20 bits per heavy atom. The first kappa shape index (κ1) is 18.6. The van der Waals surface area contributed by atoms with Gasteiger partial charge in [0.15, 0.2) is 0 Å². The zero-order valence-corrected chi connectivity index (χ0v) is 12.5. The van der Waals surface area contributed by atoms with Crippen molar-refractivity contribution in [2.75, 3.05) is 7.11 Å². The van der Waals surface area contributed by atoms with E-state index in [1.165, 1.54) is 32.8 Å². The Morgan fingerprint density at radius 3 is 2.60 bits per heavy atom. The van der Waals surface area contributed by atoms with Gasteiger partial charge < -0.3 is 9.84 Å². The van der Waals surface area contributed by atoms with Gasteiger partial charge in [-0.05, 0) is 12.8 Å². The molecule has 0 aromatic carbocycles. The zero-order chi connectivity index (χ0) is 15.2. The van der Waals surface area contributed by atoms with E-state index >= 15 is 0 Å². The quantitative estimate of drug-likeness (QED) is 0.274. The first-order valence-corrected chi connectivity index (χ1v) is 7.20. The number of rotatable bonds is 11. The van der Waals surface area contributed by atoms with Crippen LogP contribution in [-0.4, -0.2) is 30.1 Å². The summed E-state index contributed by atoms with van der Waals surface area (Å²) in [5, 5.41) is 9.58. The molecule has 0 aromatic heterocycles. The summed E-state index contributed by atoms with van der Waals surface area (Å²) in [4.78, 5) is 22.2. The highest BCUT2D eigenvalue weighted by Gasteiger charge is 2.12. The average molecular weight is 282 g/mol. The molecule has 0 aliphatic rings. The van der Waals surface area contributed by atoms with Gasteiger partial charge in [0.25, 0.3) is 0 Å². The molecule has 0 rings (SSSR count). The molecule has 0 aliphatic carbocycles. The van der Waals surface area contributed by atoms with Gasteiger partial charge in [0, 0.05) is 6.42 Å². The molecule has 1 unspecified atom stereocenters. The molecule has 0 radical (unpaired) electrons. The van der Waals surface area contributed by atoms with Crippen LogP contribution in [0.5, 0.6) is 0 Å². The number of carbonyl (C=O) groups excluding carboxylic acids is 2. The fourth-order valence-corrected chi connectivity index (χ4v) is 1.66. The molecule has 0 saturated carbocycles. The zero-order valence-electron chi connectivity index (χ0n) is 12.5. The van der Waals surface area contributed by atoms with E-state index in [1.54, 1.807) is 12.2 Å². The predicted octanol–water partition coefficient (Wildman–Crippen LogP) is 2.95. The normalized spacial score (nSPS) is 12.9. The van der Waals surface area contributed by atoms with Crippen LogP contribution in [0.25, 0.3) is 0 Å². The fraction of sp³-hybridized carbons (Fsp3) is 0.625.